The highest BCUT2D eigenvalue weighted by molar-refractivity contribution is 7.80. The molecule has 0 radical (unpaired) electrons. The van der Waals surface area contributed by atoms with Crippen molar-refractivity contribution in [3.63, 3.8) is 0 Å². The second-order valence-electron chi connectivity index (χ2n) is 5.20. The van der Waals surface area contributed by atoms with Gasteiger partial charge in [-0.15, -0.1) is 0 Å². The van der Waals surface area contributed by atoms with E-state index in [0.717, 1.165) is 18.6 Å². The maximum Gasteiger partial charge on any atom is 0.235 e. The highest BCUT2D eigenvalue weighted by atomic mass is 32.1. The first-order valence-corrected chi connectivity index (χ1v) is 6.44. The normalized spacial score (nSPS) is 26.4. The number of carbonyl (C=O) groups is 1. The maximum absolute atomic E-state index is 12.5. The van der Waals surface area contributed by atoms with Crippen LogP contribution in [0.4, 0.5) is 0 Å². The Balaban J connectivity index is 2.08. The van der Waals surface area contributed by atoms with Gasteiger partial charge in [-0.25, -0.2) is 0 Å². The lowest BCUT2D eigenvalue weighted by atomic mass is 9.61. The van der Waals surface area contributed by atoms with E-state index >= 15 is 0 Å². The van der Waals surface area contributed by atoms with E-state index in [1.54, 1.807) is 18.2 Å². The van der Waals surface area contributed by atoms with Crippen LogP contribution < -0.4 is 5.73 Å². The van der Waals surface area contributed by atoms with Crippen molar-refractivity contribution in [2.24, 2.45) is 17.1 Å². The molecule has 1 heterocycles. The van der Waals surface area contributed by atoms with Gasteiger partial charge in [0.05, 0.1) is 23.2 Å². The molecule has 0 bridgehead atoms. The molecule has 1 amide bonds. The fourth-order valence-electron chi connectivity index (χ4n) is 2.68. The Morgan fingerprint density at radius 1 is 1.67 bits per heavy atom. The number of nitrogens with two attached hydrogens (primary N) is 1. The Bertz CT molecular complexity index is 450. The van der Waals surface area contributed by atoms with Crippen LogP contribution in [0.3, 0.4) is 0 Å². The topological polar surface area (TPSA) is 59.5 Å². The molecule has 0 aromatic carbocycles. The van der Waals surface area contributed by atoms with Gasteiger partial charge in [-0.3, -0.25) is 4.79 Å². The van der Waals surface area contributed by atoms with Crippen molar-refractivity contribution in [1.29, 1.82) is 0 Å². The molecular formula is C13H18N2O2S. The van der Waals surface area contributed by atoms with Crippen molar-refractivity contribution in [2.45, 2.75) is 26.3 Å². The Labute approximate surface area is 112 Å². The van der Waals surface area contributed by atoms with Crippen molar-refractivity contribution in [1.82, 2.24) is 4.90 Å². The number of hydrogen-bond acceptors (Lipinski definition) is 3. The van der Waals surface area contributed by atoms with Crippen LogP contribution in [0.5, 0.6) is 0 Å². The molecule has 0 saturated heterocycles. The molecule has 5 heteroatoms. The SMILES string of the molecule is CC1CC(C(=O)N(C)Cc2ccco2)(C(N)=S)C1. The molecule has 2 rings (SSSR count). The van der Waals surface area contributed by atoms with E-state index in [9.17, 15) is 4.79 Å². The molecule has 1 fully saturated rings. The Morgan fingerprint density at radius 3 is 2.78 bits per heavy atom. The summed E-state index contributed by atoms with van der Waals surface area (Å²) in [5, 5.41) is 0. The number of carbonyl (C=O) groups excluding carboxylic acids is 1. The van der Waals surface area contributed by atoms with E-state index in [-0.39, 0.29) is 5.91 Å². The zero-order valence-corrected chi connectivity index (χ0v) is 11.5. The van der Waals surface area contributed by atoms with Crippen LogP contribution in [0.1, 0.15) is 25.5 Å². The Kier molecular flexibility index (Phi) is 3.43. The molecule has 0 aliphatic heterocycles. The predicted octanol–water partition coefficient (Wildman–Crippen LogP) is 1.94. The van der Waals surface area contributed by atoms with Gasteiger partial charge in [0.25, 0.3) is 0 Å². The number of nitrogens with zero attached hydrogens (tertiary/aromatic N) is 1. The number of thiocarbonyl (C=S) groups is 1. The summed E-state index contributed by atoms with van der Waals surface area (Å²) in [5.41, 5.74) is 5.14. The average molecular weight is 266 g/mol. The molecule has 1 saturated carbocycles. The van der Waals surface area contributed by atoms with Crippen molar-refractivity contribution in [3.8, 4) is 0 Å². The molecule has 1 aromatic rings. The van der Waals surface area contributed by atoms with Gasteiger partial charge in [0.1, 0.15) is 5.76 Å². The van der Waals surface area contributed by atoms with E-state index in [0.29, 0.717) is 17.5 Å². The van der Waals surface area contributed by atoms with Gasteiger partial charge in [-0.1, -0.05) is 19.1 Å². The fourth-order valence-corrected chi connectivity index (χ4v) is 2.94. The first-order valence-electron chi connectivity index (χ1n) is 6.03. The largest absolute Gasteiger partial charge is 0.467 e. The molecule has 4 nitrogen and oxygen atoms in total. The molecule has 0 atom stereocenters. The standard InChI is InChI=1S/C13H18N2O2S/c1-9-6-13(7-9,11(14)18)12(16)15(2)8-10-4-3-5-17-10/h3-5,9H,6-8H2,1-2H3,(H2,14,18). The van der Waals surface area contributed by atoms with Crippen LogP contribution >= 0.6 is 12.2 Å². The molecule has 0 spiro atoms. The van der Waals surface area contributed by atoms with E-state index in [2.05, 4.69) is 6.92 Å². The van der Waals surface area contributed by atoms with Crippen LogP contribution in [-0.2, 0) is 11.3 Å². The van der Waals surface area contributed by atoms with Crippen LogP contribution in [0.25, 0.3) is 0 Å². The first-order chi connectivity index (χ1) is 8.45. The zero-order valence-electron chi connectivity index (χ0n) is 10.7. The number of hydrogen-bond donors (Lipinski definition) is 1. The number of amides is 1. The van der Waals surface area contributed by atoms with Gasteiger partial charge in [0.2, 0.25) is 5.91 Å². The molecule has 18 heavy (non-hydrogen) atoms. The van der Waals surface area contributed by atoms with Crippen molar-refractivity contribution >= 4 is 23.1 Å². The molecular weight excluding hydrogens is 248 g/mol. The summed E-state index contributed by atoms with van der Waals surface area (Å²) in [5.74, 6) is 1.27. The van der Waals surface area contributed by atoms with Gasteiger partial charge in [0, 0.05) is 7.05 Å². The minimum atomic E-state index is -0.629. The Morgan fingerprint density at radius 2 is 2.33 bits per heavy atom. The maximum atomic E-state index is 12.5. The lowest BCUT2D eigenvalue weighted by Crippen LogP contribution is -2.56. The summed E-state index contributed by atoms with van der Waals surface area (Å²) in [6.07, 6.45) is 3.11. The van der Waals surface area contributed by atoms with Crippen LogP contribution in [-0.4, -0.2) is 22.8 Å². The fraction of sp³-hybridized carbons (Fsp3) is 0.538. The molecule has 1 aliphatic carbocycles. The first kappa shape index (κ1) is 13.1. The zero-order chi connectivity index (χ0) is 13.3. The monoisotopic (exact) mass is 266 g/mol. The summed E-state index contributed by atoms with van der Waals surface area (Å²) < 4.78 is 5.24. The van der Waals surface area contributed by atoms with Crippen molar-refractivity contribution in [3.05, 3.63) is 24.2 Å². The quantitative estimate of drug-likeness (QED) is 0.846. The van der Waals surface area contributed by atoms with Crippen LogP contribution in [0.2, 0.25) is 0 Å². The smallest absolute Gasteiger partial charge is 0.235 e. The van der Waals surface area contributed by atoms with E-state index in [1.165, 1.54) is 0 Å². The van der Waals surface area contributed by atoms with Crippen molar-refractivity contribution in [2.75, 3.05) is 7.05 Å². The number of rotatable bonds is 4. The second kappa shape index (κ2) is 4.72. The van der Waals surface area contributed by atoms with Crippen molar-refractivity contribution < 1.29 is 9.21 Å². The summed E-state index contributed by atoms with van der Waals surface area (Å²) >= 11 is 5.08. The summed E-state index contributed by atoms with van der Waals surface area (Å²) in [7, 11) is 1.76. The van der Waals surface area contributed by atoms with E-state index in [1.807, 2.05) is 12.1 Å². The third-order valence-corrected chi connectivity index (χ3v) is 3.99. The minimum absolute atomic E-state index is 0.00417. The lowest BCUT2D eigenvalue weighted by molar-refractivity contribution is -0.143. The lowest BCUT2D eigenvalue weighted by Gasteiger charge is -2.45. The van der Waals surface area contributed by atoms with Crippen LogP contribution in [0.15, 0.2) is 22.8 Å². The molecule has 98 valence electrons. The Hall–Kier alpha value is -1.36. The molecule has 0 unspecified atom stereocenters. The third-order valence-electron chi connectivity index (χ3n) is 3.59. The highest BCUT2D eigenvalue weighted by Crippen LogP contribution is 2.47. The summed E-state index contributed by atoms with van der Waals surface area (Å²) in [6, 6.07) is 3.66. The predicted molar refractivity (Wildman–Crippen MR) is 72.8 cm³/mol. The highest BCUT2D eigenvalue weighted by Gasteiger charge is 2.51. The van der Waals surface area contributed by atoms with E-state index < -0.39 is 5.41 Å². The summed E-state index contributed by atoms with van der Waals surface area (Å²) in [4.78, 5) is 14.4. The van der Waals surface area contributed by atoms with E-state index in [4.69, 9.17) is 22.4 Å². The van der Waals surface area contributed by atoms with Gasteiger partial charge >= 0.3 is 0 Å². The molecule has 1 aliphatic rings. The summed E-state index contributed by atoms with van der Waals surface area (Å²) in [6.45, 7) is 2.56. The average Bonchev–Trinajstić information content (AvgIpc) is 2.75. The van der Waals surface area contributed by atoms with Crippen LogP contribution in [0, 0.1) is 11.3 Å². The van der Waals surface area contributed by atoms with Gasteiger partial charge < -0.3 is 15.1 Å². The third kappa shape index (κ3) is 2.14. The van der Waals surface area contributed by atoms with Gasteiger partial charge in [-0.05, 0) is 30.9 Å². The van der Waals surface area contributed by atoms with Gasteiger partial charge in [-0.2, -0.15) is 0 Å². The minimum Gasteiger partial charge on any atom is -0.467 e. The molecule has 2 N–H and O–H groups in total. The molecule has 1 aromatic heterocycles. The van der Waals surface area contributed by atoms with Gasteiger partial charge in [0.15, 0.2) is 0 Å². The number of furan rings is 1. The second-order valence-corrected chi connectivity index (χ2v) is 5.64.